The monoisotopic (exact) mass is 283 g/mol. The molecule has 1 N–H and O–H groups in total. The van der Waals surface area contributed by atoms with Crippen LogP contribution in [0.4, 0.5) is 5.69 Å². The summed E-state index contributed by atoms with van der Waals surface area (Å²) in [6.07, 6.45) is 8.41. The first-order valence-electron chi connectivity index (χ1n) is 7.32. The van der Waals surface area contributed by atoms with E-state index in [-0.39, 0.29) is 6.61 Å². The molecule has 0 atom stereocenters. The van der Waals surface area contributed by atoms with Gasteiger partial charge in [0.15, 0.2) is 12.4 Å². The van der Waals surface area contributed by atoms with Crippen molar-refractivity contribution in [2.75, 3.05) is 25.1 Å². The number of anilines is 1. The topological polar surface area (TPSA) is 27.4 Å². The van der Waals surface area contributed by atoms with Gasteiger partial charge in [0.25, 0.3) is 0 Å². The number of aliphatic hydroxyl groups is 1. The van der Waals surface area contributed by atoms with Crippen LogP contribution in [-0.2, 0) is 6.54 Å². The molecule has 0 unspecified atom stereocenters. The summed E-state index contributed by atoms with van der Waals surface area (Å²) in [4.78, 5) is 2.04. The van der Waals surface area contributed by atoms with Gasteiger partial charge in [0.05, 0.1) is 6.61 Å². The molecule has 0 amide bonds. The van der Waals surface area contributed by atoms with Crippen molar-refractivity contribution < 1.29 is 9.67 Å². The minimum atomic E-state index is 0.171. The van der Waals surface area contributed by atoms with Crippen LogP contribution in [0.15, 0.2) is 48.8 Å². The smallest absolute Gasteiger partial charge is 0.169 e. The van der Waals surface area contributed by atoms with Crippen LogP contribution in [0.25, 0.3) is 12.2 Å². The highest BCUT2D eigenvalue weighted by atomic mass is 16.3. The lowest BCUT2D eigenvalue weighted by atomic mass is 10.1. The highest BCUT2D eigenvalue weighted by Gasteiger charge is 1.99. The number of aromatic nitrogens is 1. The lowest BCUT2D eigenvalue weighted by Crippen LogP contribution is -2.30. The molecule has 21 heavy (non-hydrogen) atoms. The van der Waals surface area contributed by atoms with Gasteiger partial charge in [-0.1, -0.05) is 24.3 Å². The van der Waals surface area contributed by atoms with Crippen molar-refractivity contribution in [2.45, 2.75) is 13.5 Å². The Hall–Kier alpha value is -2.13. The molecule has 110 valence electrons. The predicted octanol–water partition coefficient (Wildman–Crippen LogP) is 2.59. The Kier molecular flexibility index (Phi) is 5.52. The Bertz CT molecular complexity index is 573. The first-order valence-corrected chi connectivity index (χ1v) is 7.32. The molecule has 0 fully saturated rings. The van der Waals surface area contributed by atoms with Gasteiger partial charge in [-0.15, -0.1) is 0 Å². The minimum absolute atomic E-state index is 0.171. The number of hydrogen-bond donors (Lipinski definition) is 1. The second kappa shape index (κ2) is 7.60. The van der Waals surface area contributed by atoms with Gasteiger partial charge in [0, 0.05) is 31.4 Å². The van der Waals surface area contributed by atoms with Crippen LogP contribution in [0.3, 0.4) is 0 Å². The molecule has 1 aromatic carbocycles. The first-order chi connectivity index (χ1) is 10.2. The van der Waals surface area contributed by atoms with Crippen LogP contribution in [0.5, 0.6) is 0 Å². The van der Waals surface area contributed by atoms with Crippen LogP contribution in [-0.4, -0.2) is 25.3 Å². The van der Waals surface area contributed by atoms with E-state index < -0.39 is 0 Å². The Balaban J connectivity index is 2.03. The predicted molar refractivity (Wildman–Crippen MR) is 88.0 cm³/mol. The fourth-order valence-corrected chi connectivity index (χ4v) is 2.10. The molecular formula is C18H23N2O+. The molecule has 0 aliphatic carbocycles. The van der Waals surface area contributed by atoms with Crippen molar-refractivity contribution in [2.24, 2.45) is 0 Å². The van der Waals surface area contributed by atoms with Gasteiger partial charge in [0.1, 0.15) is 6.54 Å². The second-order valence-electron chi connectivity index (χ2n) is 5.03. The number of aliphatic hydroxyl groups excluding tert-OH is 1. The van der Waals surface area contributed by atoms with Crippen LogP contribution in [0, 0.1) is 0 Å². The zero-order valence-corrected chi connectivity index (χ0v) is 12.7. The molecule has 0 radical (unpaired) electrons. The van der Waals surface area contributed by atoms with Crippen molar-refractivity contribution in [1.82, 2.24) is 0 Å². The number of rotatable bonds is 6. The molecule has 3 heteroatoms. The Labute approximate surface area is 126 Å². The van der Waals surface area contributed by atoms with Gasteiger partial charge in [-0.05, 0) is 30.2 Å². The summed E-state index contributed by atoms with van der Waals surface area (Å²) >= 11 is 0. The van der Waals surface area contributed by atoms with Crippen molar-refractivity contribution >= 4 is 17.8 Å². The third-order valence-corrected chi connectivity index (χ3v) is 3.52. The lowest BCUT2D eigenvalue weighted by Gasteiger charge is -2.17. The van der Waals surface area contributed by atoms with Gasteiger partial charge >= 0.3 is 0 Å². The van der Waals surface area contributed by atoms with Crippen LogP contribution in [0.2, 0.25) is 0 Å². The number of likely N-dealkylation sites (N-methyl/N-ethyl adjacent to an activating group) is 1. The standard InChI is InChI=1S/C18H23N2O/c1-3-20-12-10-17(11-13-20)5-4-16-6-8-18(9-7-16)19(2)14-15-21/h4-13,21H,3,14-15H2,1-2H3/q+1. The molecule has 2 rings (SSSR count). The molecule has 0 aliphatic heterocycles. The Morgan fingerprint density at radius 2 is 1.57 bits per heavy atom. The molecule has 3 nitrogen and oxygen atoms in total. The Morgan fingerprint density at radius 3 is 2.10 bits per heavy atom. The van der Waals surface area contributed by atoms with Crippen LogP contribution < -0.4 is 9.47 Å². The molecule has 1 aromatic heterocycles. The number of aryl methyl sites for hydroxylation is 1. The van der Waals surface area contributed by atoms with E-state index in [9.17, 15) is 0 Å². The molecule has 0 saturated carbocycles. The molecule has 0 saturated heterocycles. The summed E-state index contributed by atoms with van der Waals surface area (Å²) in [5.74, 6) is 0. The van der Waals surface area contributed by atoms with Gasteiger partial charge in [0.2, 0.25) is 0 Å². The normalized spacial score (nSPS) is 11.0. The largest absolute Gasteiger partial charge is 0.395 e. The highest BCUT2D eigenvalue weighted by molar-refractivity contribution is 5.70. The summed E-state index contributed by atoms with van der Waals surface area (Å²) < 4.78 is 2.14. The molecule has 1 heterocycles. The van der Waals surface area contributed by atoms with Crippen molar-refractivity contribution in [3.05, 3.63) is 59.9 Å². The lowest BCUT2D eigenvalue weighted by molar-refractivity contribution is -0.693. The van der Waals surface area contributed by atoms with Gasteiger partial charge in [-0.25, -0.2) is 4.57 Å². The quantitative estimate of drug-likeness (QED) is 0.825. The van der Waals surface area contributed by atoms with Crippen molar-refractivity contribution in [3.8, 4) is 0 Å². The Morgan fingerprint density at radius 1 is 1.00 bits per heavy atom. The molecule has 2 aromatic rings. The molecule has 0 aliphatic rings. The third-order valence-electron chi connectivity index (χ3n) is 3.52. The average molecular weight is 283 g/mol. The maximum atomic E-state index is 8.95. The molecule has 0 spiro atoms. The van der Waals surface area contributed by atoms with Crippen LogP contribution >= 0.6 is 0 Å². The number of nitrogens with zero attached hydrogens (tertiary/aromatic N) is 2. The maximum Gasteiger partial charge on any atom is 0.169 e. The minimum Gasteiger partial charge on any atom is -0.395 e. The first kappa shape index (κ1) is 15.3. The van der Waals surface area contributed by atoms with Crippen LogP contribution in [0.1, 0.15) is 18.1 Å². The van der Waals surface area contributed by atoms with E-state index in [1.807, 2.05) is 11.9 Å². The van der Waals surface area contributed by atoms with E-state index in [0.717, 1.165) is 12.2 Å². The zero-order chi connectivity index (χ0) is 15.1. The fraction of sp³-hybridized carbons (Fsp3) is 0.278. The molecule has 0 bridgehead atoms. The van der Waals surface area contributed by atoms with Gasteiger partial charge in [-0.2, -0.15) is 0 Å². The summed E-state index contributed by atoms with van der Waals surface area (Å²) in [5, 5.41) is 8.95. The summed E-state index contributed by atoms with van der Waals surface area (Å²) in [6, 6.07) is 12.6. The van der Waals surface area contributed by atoms with E-state index >= 15 is 0 Å². The number of pyridine rings is 1. The van der Waals surface area contributed by atoms with E-state index in [0.29, 0.717) is 6.54 Å². The van der Waals surface area contributed by atoms with E-state index in [4.69, 9.17) is 5.11 Å². The number of benzene rings is 1. The number of hydrogen-bond acceptors (Lipinski definition) is 2. The SMILES string of the molecule is CC[n+]1ccc(/C=C/c2ccc(N(C)CCO)cc2)cc1. The van der Waals surface area contributed by atoms with Crippen molar-refractivity contribution in [3.63, 3.8) is 0 Å². The molecular weight excluding hydrogens is 260 g/mol. The average Bonchev–Trinajstić information content (AvgIpc) is 2.54. The fourth-order valence-electron chi connectivity index (χ4n) is 2.10. The third kappa shape index (κ3) is 4.43. The van der Waals surface area contributed by atoms with E-state index in [1.54, 1.807) is 0 Å². The summed E-state index contributed by atoms with van der Waals surface area (Å²) in [5.41, 5.74) is 3.48. The highest BCUT2D eigenvalue weighted by Crippen LogP contribution is 2.15. The summed E-state index contributed by atoms with van der Waals surface area (Å²) in [7, 11) is 1.98. The zero-order valence-electron chi connectivity index (χ0n) is 12.7. The van der Waals surface area contributed by atoms with Crippen molar-refractivity contribution in [1.29, 1.82) is 0 Å². The van der Waals surface area contributed by atoms with E-state index in [1.165, 1.54) is 11.1 Å². The van der Waals surface area contributed by atoms with E-state index in [2.05, 4.69) is 72.4 Å². The maximum absolute atomic E-state index is 8.95. The van der Waals surface area contributed by atoms with Gasteiger partial charge < -0.3 is 10.0 Å². The summed E-state index contributed by atoms with van der Waals surface area (Å²) in [6.45, 7) is 3.94. The second-order valence-corrected chi connectivity index (χ2v) is 5.03. The van der Waals surface area contributed by atoms with Gasteiger partial charge in [-0.3, -0.25) is 0 Å².